The van der Waals surface area contributed by atoms with Crippen LogP contribution in [-0.4, -0.2) is 10.2 Å². The van der Waals surface area contributed by atoms with E-state index in [1.54, 1.807) is 17.8 Å². The van der Waals surface area contributed by atoms with Gasteiger partial charge < -0.3 is 0 Å². The fraction of sp³-hybridized carbons (Fsp3) is 0.500. The lowest BCUT2D eigenvalue weighted by Crippen LogP contribution is -2.15. The Morgan fingerprint density at radius 2 is 2.26 bits per heavy atom. The van der Waals surface area contributed by atoms with E-state index >= 15 is 0 Å². The fourth-order valence-corrected chi connectivity index (χ4v) is 3.93. The summed E-state index contributed by atoms with van der Waals surface area (Å²) < 4.78 is 0. The van der Waals surface area contributed by atoms with Crippen molar-refractivity contribution in [1.29, 1.82) is 5.26 Å². The molecular weight excluding hydrogens is 260 g/mol. The van der Waals surface area contributed by atoms with Crippen LogP contribution >= 0.6 is 11.8 Å². The van der Waals surface area contributed by atoms with Crippen LogP contribution in [0.25, 0.3) is 0 Å². The molecule has 100 valence electrons. The normalized spacial score (nSPS) is 22.7. The zero-order valence-electron chi connectivity index (χ0n) is 10.8. The molecule has 0 bridgehead atoms. The standard InChI is InChI=1S/C14H16N2O2S/c1-10-3-2-4-13(7-10)19-14-6-5-12(16(17)18)8-11(14)9-15/h5-6,8,10,13H,2-4,7H2,1H3. The predicted octanol–water partition coefficient (Wildman–Crippen LogP) is 4.14. The van der Waals surface area contributed by atoms with Crippen LogP contribution in [0.5, 0.6) is 0 Å². The van der Waals surface area contributed by atoms with E-state index < -0.39 is 4.92 Å². The van der Waals surface area contributed by atoms with Gasteiger partial charge in [0.1, 0.15) is 6.07 Å². The highest BCUT2D eigenvalue weighted by molar-refractivity contribution is 8.00. The Kier molecular flexibility index (Phi) is 4.43. The first-order chi connectivity index (χ1) is 9.10. The molecule has 0 radical (unpaired) electrons. The van der Waals surface area contributed by atoms with Crippen molar-refractivity contribution in [3.05, 3.63) is 33.9 Å². The maximum absolute atomic E-state index is 10.7. The van der Waals surface area contributed by atoms with Crippen molar-refractivity contribution < 1.29 is 4.92 Å². The molecule has 0 heterocycles. The maximum Gasteiger partial charge on any atom is 0.270 e. The zero-order chi connectivity index (χ0) is 13.8. The van der Waals surface area contributed by atoms with Crippen molar-refractivity contribution >= 4 is 17.4 Å². The van der Waals surface area contributed by atoms with Gasteiger partial charge in [0.2, 0.25) is 0 Å². The number of hydrogen-bond acceptors (Lipinski definition) is 4. The summed E-state index contributed by atoms with van der Waals surface area (Å²) in [5.41, 5.74) is 0.398. The Labute approximate surface area is 117 Å². The molecule has 1 aliphatic rings. The van der Waals surface area contributed by atoms with E-state index in [0.29, 0.717) is 10.8 Å². The molecule has 0 aliphatic heterocycles. The van der Waals surface area contributed by atoms with Crippen LogP contribution in [-0.2, 0) is 0 Å². The number of non-ortho nitro benzene ring substituents is 1. The molecule has 1 aromatic carbocycles. The molecule has 0 N–H and O–H groups in total. The summed E-state index contributed by atoms with van der Waals surface area (Å²) in [5, 5.41) is 20.3. The summed E-state index contributed by atoms with van der Waals surface area (Å²) in [4.78, 5) is 11.1. The third-order valence-electron chi connectivity index (χ3n) is 3.48. The second-order valence-electron chi connectivity index (χ2n) is 5.06. The number of nitrogens with zero attached hydrogens (tertiary/aromatic N) is 2. The van der Waals surface area contributed by atoms with Gasteiger partial charge in [0.25, 0.3) is 5.69 Å². The zero-order valence-corrected chi connectivity index (χ0v) is 11.7. The van der Waals surface area contributed by atoms with Gasteiger partial charge in [-0.05, 0) is 24.8 Å². The minimum Gasteiger partial charge on any atom is -0.258 e. The molecular formula is C14H16N2O2S. The number of rotatable bonds is 3. The molecule has 0 amide bonds. The van der Waals surface area contributed by atoms with Crippen molar-refractivity contribution in [3.8, 4) is 6.07 Å². The van der Waals surface area contributed by atoms with Gasteiger partial charge in [0, 0.05) is 22.3 Å². The van der Waals surface area contributed by atoms with E-state index in [9.17, 15) is 10.1 Å². The number of hydrogen-bond donors (Lipinski definition) is 0. The van der Waals surface area contributed by atoms with Gasteiger partial charge in [-0.25, -0.2) is 0 Å². The SMILES string of the molecule is CC1CCCC(Sc2ccc([N+](=O)[O-])cc2C#N)C1. The quantitative estimate of drug-likeness (QED) is 0.614. The highest BCUT2D eigenvalue weighted by atomic mass is 32.2. The van der Waals surface area contributed by atoms with Crippen LogP contribution in [0.2, 0.25) is 0 Å². The minimum absolute atomic E-state index is 0.0158. The molecule has 19 heavy (non-hydrogen) atoms. The molecule has 2 atom stereocenters. The summed E-state index contributed by atoms with van der Waals surface area (Å²) in [6, 6.07) is 6.63. The number of nitro groups is 1. The lowest BCUT2D eigenvalue weighted by molar-refractivity contribution is -0.384. The first kappa shape index (κ1) is 13.9. The molecule has 0 spiro atoms. The molecule has 1 fully saturated rings. The third-order valence-corrected chi connectivity index (χ3v) is 4.85. The Hall–Kier alpha value is -1.54. The Morgan fingerprint density at radius 1 is 1.47 bits per heavy atom. The van der Waals surface area contributed by atoms with E-state index in [1.807, 2.05) is 0 Å². The molecule has 5 heteroatoms. The van der Waals surface area contributed by atoms with E-state index in [2.05, 4.69) is 13.0 Å². The van der Waals surface area contributed by atoms with E-state index in [-0.39, 0.29) is 5.69 Å². The van der Waals surface area contributed by atoms with Crippen LogP contribution in [0.4, 0.5) is 5.69 Å². The van der Waals surface area contributed by atoms with E-state index in [1.165, 1.54) is 25.0 Å². The van der Waals surface area contributed by atoms with Gasteiger partial charge >= 0.3 is 0 Å². The molecule has 0 saturated heterocycles. The largest absolute Gasteiger partial charge is 0.270 e. The van der Waals surface area contributed by atoms with Gasteiger partial charge in [-0.2, -0.15) is 5.26 Å². The molecule has 0 aromatic heterocycles. The summed E-state index contributed by atoms with van der Waals surface area (Å²) in [6.07, 6.45) is 4.83. The molecule has 1 aromatic rings. The summed E-state index contributed by atoms with van der Waals surface area (Å²) >= 11 is 1.69. The predicted molar refractivity (Wildman–Crippen MR) is 75.1 cm³/mol. The third kappa shape index (κ3) is 3.48. The molecule has 2 rings (SSSR count). The van der Waals surface area contributed by atoms with Crippen LogP contribution in [0.1, 0.15) is 38.2 Å². The Balaban J connectivity index is 2.16. The van der Waals surface area contributed by atoms with Crippen molar-refractivity contribution in [2.75, 3.05) is 0 Å². The van der Waals surface area contributed by atoms with Crippen molar-refractivity contribution in [2.45, 2.75) is 42.8 Å². The molecule has 1 saturated carbocycles. The summed E-state index contributed by atoms with van der Waals surface area (Å²) in [6.45, 7) is 2.26. The molecule has 2 unspecified atom stereocenters. The van der Waals surface area contributed by atoms with E-state index in [0.717, 1.165) is 23.7 Å². The van der Waals surface area contributed by atoms with Gasteiger partial charge in [-0.15, -0.1) is 11.8 Å². The van der Waals surface area contributed by atoms with Crippen LogP contribution < -0.4 is 0 Å². The van der Waals surface area contributed by atoms with Gasteiger partial charge in [-0.3, -0.25) is 10.1 Å². The highest BCUT2D eigenvalue weighted by Crippen LogP contribution is 2.38. The molecule has 4 nitrogen and oxygen atoms in total. The number of nitriles is 1. The topological polar surface area (TPSA) is 66.9 Å². The van der Waals surface area contributed by atoms with Gasteiger partial charge in [-0.1, -0.05) is 19.8 Å². The first-order valence-corrected chi connectivity index (χ1v) is 7.33. The maximum atomic E-state index is 10.7. The molecule has 1 aliphatic carbocycles. The smallest absolute Gasteiger partial charge is 0.258 e. The minimum atomic E-state index is -0.460. The average molecular weight is 276 g/mol. The number of benzene rings is 1. The Bertz CT molecular complexity index is 525. The number of thioether (sulfide) groups is 1. The fourth-order valence-electron chi connectivity index (χ4n) is 2.49. The Morgan fingerprint density at radius 3 is 2.89 bits per heavy atom. The average Bonchev–Trinajstić information content (AvgIpc) is 2.39. The second kappa shape index (κ2) is 6.07. The summed E-state index contributed by atoms with van der Waals surface area (Å²) in [7, 11) is 0. The van der Waals surface area contributed by atoms with Crippen molar-refractivity contribution in [3.63, 3.8) is 0 Å². The van der Waals surface area contributed by atoms with E-state index in [4.69, 9.17) is 5.26 Å². The summed E-state index contributed by atoms with van der Waals surface area (Å²) in [5.74, 6) is 0.731. The van der Waals surface area contributed by atoms with Crippen molar-refractivity contribution in [1.82, 2.24) is 0 Å². The van der Waals surface area contributed by atoms with Gasteiger partial charge in [0.05, 0.1) is 10.5 Å². The van der Waals surface area contributed by atoms with Crippen molar-refractivity contribution in [2.24, 2.45) is 5.92 Å². The van der Waals surface area contributed by atoms with Crippen LogP contribution in [0, 0.1) is 27.4 Å². The van der Waals surface area contributed by atoms with Crippen LogP contribution in [0.15, 0.2) is 23.1 Å². The van der Waals surface area contributed by atoms with Gasteiger partial charge in [0.15, 0.2) is 0 Å². The second-order valence-corrected chi connectivity index (χ2v) is 6.40. The first-order valence-electron chi connectivity index (χ1n) is 6.45. The lowest BCUT2D eigenvalue weighted by atomic mass is 9.91. The highest BCUT2D eigenvalue weighted by Gasteiger charge is 2.21. The monoisotopic (exact) mass is 276 g/mol. The number of nitro benzene ring substituents is 1. The van der Waals surface area contributed by atoms with Crippen LogP contribution in [0.3, 0.4) is 0 Å². The lowest BCUT2D eigenvalue weighted by Gasteiger charge is -2.26.